The van der Waals surface area contributed by atoms with Crippen molar-refractivity contribution in [3.05, 3.63) is 70.1 Å². The van der Waals surface area contributed by atoms with Crippen LogP contribution in [-0.4, -0.2) is 33.4 Å². The van der Waals surface area contributed by atoms with Gasteiger partial charge in [-0.05, 0) is 44.9 Å². The van der Waals surface area contributed by atoms with Crippen molar-refractivity contribution < 1.29 is 9.53 Å². The van der Waals surface area contributed by atoms with Crippen LogP contribution in [0.3, 0.4) is 0 Å². The molecule has 0 radical (unpaired) electrons. The van der Waals surface area contributed by atoms with E-state index in [9.17, 15) is 9.59 Å². The molecule has 1 heterocycles. The number of amides is 1. The van der Waals surface area contributed by atoms with E-state index in [-0.39, 0.29) is 42.8 Å². The third-order valence-electron chi connectivity index (χ3n) is 5.67. The van der Waals surface area contributed by atoms with Crippen LogP contribution in [0.4, 0.5) is 11.5 Å². The highest BCUT2D eigenvalue weighted by molar-refractivity contribution is 5.94. The second-order valence-corrected chi connectivity index (χ2v) is 9.20. The maximum Gasteiger partial charge on any atom is 0.294 e. The maximum absolute atomic E-state index is 13.4. The third kappa shape index (κ3) is 7.33. The smallest absolute Gasteiger partial charge is 0.294 e. The minimum absolute atomic E-state index is 0.0112. The zero-order valence-electron chi connectivity index (χ0n) is 21.7. The molecule has 7 N–H and O–H groups in total. The molecule has 10 nitrogen and oxygen atoms in total. The van der Waals surface area contributed by atoms with E-state index < -0.39 is 5.56 Å². The summed E-state index contributed by atoms with van der Waals surface area (Å²) in [5.74, 6) is 0.364. The monoisotopic (exact) mass is 505 g/mol. The fourth-order valence-electron chi connectivity index (χ4n) is 3.60. The third-order valence-corrected chi connectivity index (χ3v) is 5.67. The predicted molar refractivity (Wildman–Crippen MR) is 147 cm³/mol. The Morgan fingerprint density at radius 2 is 1.86 bits per heavy atom. The number of nitrogen functional groups attached to an aromatic ring is 2. The van der Waals surface area contributed by atoms with Gasteiger partial charge in [0.1, 0.15) is 18.1 Å². The Morgan fingerprint density at radius 1 is 1.16 bits per heavy atom. The number of ether oxygens (including phenoxy) is 1. The predicted octanol–water partition coefficient (Wildman–Crippen LogP) is 3.09. The molecule has 10 heteroatoms. The first-order valence-corrected chi connectivity index (χ1v) is 12.2. The van der Waals surface area contributed by atoms with Gasteiger partial charge in [0.2, 0.25) is 5.91 Å². The lowest BCUT2D eigenvalue weighted by Gasteiger charge is -2.18. The van der Waals surface area contributed by atoms with Crippen LogP contribution in [-0.2, 0) is 17.9 Å². The van der Waals surface area contributed by atoms with Gasteiger partial charge in [0.25, 0.3) is 5.56 Å². The van der Waals surface area contributed by atoms with E-state index in [0.717, 1.165) is 12.0 Å². The summed E-state index contributed by atoms with van der Waals surface area (Å²) < 4.78 is 7.33. The summed E-state index contributed by atoms with van der Waals surface area (Å²) in [6, 6.07) is 12.2. The first-order valence-electron chi connectivity index (χ1n) is 12.2. The molecule has 196 valence electrons. The van der Waals surface area contributed by atoms with Crippen LogP contribution < -0.4 is 32.4 Å². The normalized spacial score (nSPS) is 11.7. The van der Waals surface area contributed by atoms with Crippen molar-refractivity contribution in [1.82, 2.24) is 14.9 Å². The van der Waals surface area contributed by atoms with Crippen molar-refractivity contribution >= 4 is 23.2 Å². The number of carbonyl (C=O) groups is 1. The molecule has 1 aromatic heterocycles. The van der Waals surface area contributed by atoms with Gasteiger partial charge in [-0.15, -0.1) is 0 Å². The Labute approximate surface area is 216 Å². The number of nitrogens with two attached hydrogens (primary N) is 2. The highest BCUT2D eigenvalue weighted by Gasteiger charge is 2.17. The minimum atomic E-state index is -0.418. The summed E-state index contributed by atoms with van der Waals surface area (Å²) in [6.07, 6.45) is 2.37. The van der Waals surface area contributed by atoms with E-state index in [0.29, 0.717) is 28.3 Å². The Morgan fingerprint density at radius 3 is 2.49 bits per heavy atom. The summed E-state index contributed by atoms with van der Waals surface area (Å²) in [5.41, 5.74) is 14.2. The highest BCUT2D eigenvalue weighted by Crippen LogP contribution is 2.28. The van der Waals surface area contributed by atoms with Gasteiger partial charge in [-0.1, -0.05) is 31.2 Å². The van der Waals surface area contributed by atoms with Crippen LogP contribution in [0.5, 0.6) is 5.75 Å². The lowest BCUT2D eigenvalue weighted by Crippen LogP contribution is -2.35. The van der Waals surface area contributed by atoms with E-state index in [1.807, 2.05) is 27.7 Å². The molecule has 1 amide bonds. The van der Waals surface area contributed by atoms with Crippen molar-refractivity contribution in [1.29, 1.82) is 5.41 Å². The molecule has 0 spiro atoms. The first kappa shape index (κ1) is 27.3. The van der Waals surface area contributed by atoms with E-state index in [1.165, 1.54) is 4.57 Å². The molecule has 0 fully saturated rings. The van der Waals surface area contributed by atoms with E-state index in [4.69, 9.17) is 21.6 Å². The Bertz CT molecular complexity index is 1320. The standard InChI is InChI=1S/C27H35N7O3/c1-5-17(4)37-22-11-20(10-21(28)12-22)23-14-32-26(33-16(2)3)27(36)34(23)15-24(35)31-13-18-6-8-19(9-7-18)25(29)30/h6-12,14,16-17H,5,13,15,28H2,1-4H3,(H3,29,30)(H,31,35)(H,32,33). The molecule has 2 aromatic carbocycles. The number of anilines is 2. The number of aromatic nitrogens is 2. The van der Waals surface area contributed by atoms with Crippen molar-refractivity contribution in [2.75, 3.05) is 11.1 Å². The second kappa shape index (κ2) is 12.1. The maximum atomic E-state index is 13.4. The lowest BCUT2D eigenvalue weighted by molar-refractivity contribution is -0.121. The number of rotatable bonds is 11. The zero-order chi connectivity index (χ0) is 27.1. The average molecular weight is 506 g/mol. The van der Waals surface area contributed by atoms with Crippen molar-refractivity contribution in [2.45, 2.75) is 59.4 Å². The van der Waals surface area contributed by atoms with Gasteiger partial charge >= 0.3 is 0 Å². The summed E-state index contributed by atoms with van der Waals surface area (Å²) >= 11 is 0. The molecular formula is C27H35N7O3. The van der Waals surface area contributed by atoms with Gasteiger partial charge in [-0.25, -0.2) is 4.98 Å². The fourth-order valence-corrected chi connectivity index (χ4v) is 3.60. The molecule has 37 heavy (non-hydrogen) atoms. The molecule has 3 rings (SSSR count). The van der Waals surface area contributed by atoms with Crippen LogP contribution in [0, 0.1) is 5.41 Å². The first-order chi connectivity index (χ1) is 17.6. The van der Waals surface area contributed by atoms with Crippen molar-refractivity contribution in [3.63, 3.8) is 0 Å². The largest absolute Gasteiger partial charge is 0.491 e. The van der Waals surface area contributed by atoms with Crippen LogP contribution >= 0.6 is 0 Å². The Kier molecular flexibility index (Phi) is 8.89. The number of hydrogen-bond donors (Lipinski definition) is 5. The number of hydrogen-bond acceptors (Lipinski definition) is 7. The molecule has 0 aliphatic carbocycles. The van der Waals surface area contributed by atoms with Gasteiger partial charge < -0.3 is 26.8 Å². The van der Waals surface area contributed by atoms with Crippen LogP contribution in [0.2, 0.25) is 0 Å². The molecule has 3 aromatic rings. The van der Waals surface area contributed by atoms with E-state index in [2.05, 4.69) is 15.6 Å². The summed E-state index contributed by atoms with van der Waals surface area (Å²) in [4.78, 5) is 30.6. The zero-order valence-corrected chi connectivity index (χ0v) is 21.7. The number of benzene rings is 2. The van der Waals surface area contributed by atoms with Gasteiger partial charge in [0.15, 0.2) is 5.82 Å². The number of carbonyl (C=O) groups excluding carboxylic acids is 1. The van der Waals surface area contributed by atoms with Gasteiger partial charge in [-0.2, -0.15) is 0 Å². The van der Waals surface area contributed by atoms with E-state index >= 15 is 0 Å². The number of nitrogens with one attached hydrogen (secondary N) is 3. The summed E-state index contributed by atoms with van der Waals surface area (Å²) in [6.45, 7) is 7.83. The summed E-state index contributed by atoms with van der Waals surface area (Å²) in [5, 5.41) is 13.4. The molecule has 1 atom stereocenters. The quantitative estimate of drug-likeness (QED) is 0.152. The average Bonchev–Trinajstić information content (AvgIpc) is 2.84. The van der Waals surface area contributed by atoms with Gasteiger partial charge in [0, 0.05) is 35.5 Å². The molecule has 0 bridgehead atoms. The van der Waals surface area contributed by atoms with Crippen molar-refractivity contribution in [2.24, 2.45) is 5.73 Å². The van der Waals surface area contributed by atoms with Crippen LogP contribution in [0.1, 0.15) is 45.2 Å². The molecule has 0 aliphatic rings. The van der Waals surface area contributed by atoms with Crippen molar-refractivity contribution in [3.8, 4) is 17.0 Å². The SMILES string of the molecule is CCC(C)Oc1cc(N)cc(-c2cnc(NC(C)C)c(=O)n2CC(=O)NCc2ccc(C(=N)N)cc2)c1. The Hall–Kier alpha value is -4.34. The number of amidine groups is 1. The molecule has 0 saturated carbocycles. The topological polar surface area (TPSA) is 161 Å². The molecular weight excluding hydrogens is 470 g/mol. The van der Waals surface area contributed by atoms with E-state index in [1.54, 1.807) is 48.7 Å². The fraction of sp³-hybridized carbons (Fsp3) is 0.333. The second-order valence-electron chi connectivity index (χ2n) is 9.20. The van der Waals surface area contributed by atoms with Crippen LogP contribution in [0.25, 0.3) is 11.3 Å². The highest BCUT2D eigenvalue weighted by atomic mass is 16.5. The van der Waals surface area contributed by atoms with Gasteiger partial charge in [-0.3, -0.25) is 19.6 Å². The van der Waals surface area contributed by atoms with Gasteiger partial charge in [0.05, 0.1) is 18.0 Å². The minimum Gasteiger partial charge on any atom is -0.491 e. The molecule has 1 unspecified atom stereocenters. The molecule has 0 saturated heterocycles. The lowest BCUT2D eigenvalue weighted by atomic mass is 10.1. The molecule has 0 aliphatic heterocycles. The summed E-state index contributed by atoms with van der Waals surface area (Å²) in [7, 11) is 0. The van der Waals surface area contributed by atoms with Crippen LogP contribution in [0.15, 0.2) is 53.5 Å². The number of nitrogens with zero attached hydrogens (tertiary/aromatic N) is 2. The Balaban J connectivity index is 1.91.